The zero-order valence-corrected chi connectivity index (χ0v) is 15.6. The van der Waals surface area contributed by atoms with Crippen LogP contribution in [0.3, 0.4) is 0 Å². The molecule has 0 aromatic heterocycles. The molecule has 0 bridgehead atoms. The third-order valence-corrected chi connectivity index (χ3v) is 5.39. The van der Waals surface area contributed by atoms with Gasteiger partial charge in [-0.3, -0.25) is 0 Å². The minimum absolute atomic E-state index is 0.589. The highest BCUT2D eigenvalue weighted by Gasteiger charge is 2.19. The molecule has 0 fully saturated rings. The van der Waals surface area contributed by atoms with E-state index in [-0.39, 0.29) is 0 Å². The highest BCUT2D eigenvalue weighted by atomic mass is 35.5. The van der Waals surface area contributed by atoms with Gasteiger partial charge in [0.05, 0.1) is 17.2 Å². The van der Waals surface area contributed by atoms with E-state index in [1.807, 2.05) is 30.3 Å². The molecule has 0 N–H and O–H groups in total. The lowest BCUT2D eigenvalue weighted by Crippen LogP contribution is -2.02. The molecule has 0 aliphatic heterocycles. The van der Waals surface area contributed by atoms with Gasteiger partial charge >= 0.3 is 0 Å². The zero-order chi connectivity index (χ0) is 17.3. The molecule has 0 atom stereocenters. The van der Waals surface area contributed by atoms with Crippen LogP contribution >= 0.6 is 23.2 Å². The first-order chi connectivity index (χ1) is 11.5. The molecule has 2 aromatic carbocycles. The molecule has 3 rings (SSSR count). The summed E-state index contributed by atoms with van der Waals surface area (Å²) in [5.74, 6) is 0.879. The summed E-state index contributed by atoms with van der Waals surface area (Å²) in [7, 11) is 1.69. The van der Waals surface area contributed by atoms with Crippen molar-refractivity contribution in [2.24, 2.45) is 0 Å². The van der Waals surface area contributed by atoms with Crippen molar-refractivity contribution >= 4 is 34.3 Å². The molecular weight excluding hydrogens is 339 g/mol. The number of benzene rings is 2. The summed E-state index contributed by atoms with van der Waals surface area (Å²) in [6, 6.07) is 14.2. The number of hydrogen-bond acceptors (Lipinski definition) is 1. The van der Waals surface area contributed by atoms with Gasteiger partial charge < -0.3 is 4.74 Å². The predicted molar refractivity (Wildman–Crippen MR) is 104 cm³/mol. The van der Waals surface area contributed by atoms with Gasteiger partial charge in [0.25, 0.3) is 0 Å². The van der Waals surface area contributed by atoms with E-state index >= 15 is 0 Å². The van der Waals surface area contributed by atoms with Crippen molar-refractivity contribution < 1.29 is 4.74 Å². The van der Waals surface area contributed by atoms with Crippen LogP contribution in [0, 0.1) is 0 Å². The van der Waals surface area contributed by atoms with E-state index in [4.69, 9.17) is 27.9 Å². The quantitative estimate of drug-likeness (QED) is 0.571. The van der Waals surface area contributed by atoms with Crippen molar-refractivity contribution in [1.29, 1.82) is 0 Å². The maximum atomic E-state index is 6.23. The molecule has 0 amide bonds. The van der Waals surface area contributed by atoms with E-state index < -0.39 is 0 Å². The highest BCUT2D eigenvalue weighted by Crippen LogP contribution is 2.41. The average Bonchev–Trinajstić information content (AvgIpc) is 2.58. The van der Waals surface area contributed by atoms with Crippen LogP contribution < -0.4 is 4.74 Å². The number of methoxy groups -OCH3 is 1. The molecule has 0 spiro atoms. The van der Waals surface area contributed by atoms with E-state index in [0.717, 1.165) is 24.2 Å². The number of halogens is 2. The Bertz CT molecular complexity index is 829. The van der Waals surface area contributed by atoms with Crippen LogP contribution in [0.5, 0.6) is 5.75 Å². The van der Waals surface area contributed by atoms with Crippen LogP contribution in [0.15, 0.2) is 53.6 Å². The van der Waals surface area contributed by atoms with Gasteiger partial charge in [-0.05, 0) is 78.8 Å². The number of hydrogen-bond donors (Lipinski definition) is 0. The van der Waals surface area contributed by atoms with Crippen LogP contribution in [-0.4, -0.2) is 7.11 Å². The van der Waals surface area contributed by atoms with Gasteiger partial charge in [-0.2, -0.15) is 0 Å². The third-order valence-electron chi connectivity index (χ3n) is 4.65. The van der Waals surface area contributed by atoms with Crippen molar-refractivity contribution in [2.75, 3.05) is 7.11 Å². The molecule has 0 saturated carbocycles. The lowest BCUT2D eigenvalue weighted by Gasteiger charge is -2.24. The van der Waals surface area contributed by atoms with Gasteiger partial charge in [0.2, 0.25) is 0 Å². The fourth-order valence-corrected chi connectivity index (χ4v) is 3.66. The minimum Gasteiger partial charge on any atom is -0.497 e. The van der Waals surface area contributed by atoms with Crippen molar-refractivity contribution in [3.05, 3.63) is 74.8 Å². The SMILES string of the molecule is COc1ccc(C2=C(C)C(c3ccc(Cl)c(Cl)c3)=C(C)CC2)cc1. The molecule has 1 aliphatic rings. The Kier molecular flexibility index (Phi) is 5.03. The second kappa shape index (κ2) is 7.04. The first kappa shape index (κ1) is 17.1. The normalized spacial score (nSPS) is 15.0. The Morgan fingerprint density at radius 3 is 2.12 bits per heavy atom. The summed E-state index contributed by atoms with van der Waals surface area (Å²) in [6.07, 6.45) is 2.10. The van der Waals surface area contributed by atoms with Crippen molar-refractivity contribution in [2.45, 2.75) is 26.7 Å². The van der Waals surface area contributed by atoms with Crippen LogP contribution in [0.25, 0.3) is 11.1 Å². The molecule has 1 aliphatic carbocycles. The fraction of sp³-hybridized carbons (Fsp3) is 0.238. The van der Waals surface area contributed by atoms with Crippen LogP contribution in [-0.2, 0) is 0 Å². The number of ether oxygens (including phenoxy) is 1. The second-order valence-electron chi connectivity index (χ2n) is 6.12. The molecule has 0 saturated heterocycles. The van der Waals surface area contributed by atoms with Gasteiger partial charge in [-0.1, -0.05) is 47.0 Å². The third kappa shape index (κ3) is 3.24. The summed E-state index contributed by atoms with van der Waals surface area (Å²) in [5, 5.41) is 1.19. The molecule has 0 heterocycles. The molecule has 3 heteroatoms. The highest BCUT2D eigenvalue weighted by molar-refractivity contribution is 6.42. The standard InChI is InChI=1S/C21H20Cl2O/c1-13-4-10-18(15-5-8-17(24-3)9-6-15)14(2)21(13)16-7-11-19(22)20(23)12-16/h5-9,11-12H,4,10H2,1-3H3. The molecule has 1 nitrogen and oxygen atoms in total. The first-order valence-electron chi connectivity index (χ1n) is 8.01. The number of rotatable bonds is 3. The van der Waals surface area contributed by atoms with Crippen LogP contribution in [0.2, 0.25) is 10.0 Å². The largest absolute Gasteiger partial charge is 0.497 e. The Hall–Kier alpha value is -1.70. The summed E-state index contributed by atoms with van der Waals surface area (Å²) < 4.78 is 5.26. The average molecular weight is 359 g/mol. The summed E-state index contributed by atoms with van der Waals surface area (Å²) in [4.78, 5) is 0. The van der Waals surface area contributed by atoms with Crippen LogP contribution in [0.4, 0.5) is 0 Å². The Morgan fingerprint density at radius 2 is 1.50 bits per heavy atom. The molecule has 24 heavy (non-hydrogen) atoms. The Balaban J connectivity index is 2.07. The van der Waals surface area contributed by atoms with Gasteiger partial charge in [-0.25, -0.2) is 0 Å². The van der Waals surface area contributed by atoms with E-state index in [9.17, 15) is 0 Å². The smallest absolute Gasteiger partial charge is 0.118 e. The second-order valence-corrected chi connectivity index (χ2v) is 6.93. The van der Waals surface area contributed by atoms with E-state index in [0.29, 0.717) is 10.0 Å². The Labute approximate surface area is 153 Å². The molecular formula is C21H20Cl2O. The van der Waals surface area contributed by atoms with Gasteiger partial charge in [0, 0.05) is 0 Å². The van der Waals surface area contributed by atoms with Crippen LogP contribution in [0.1, 0.15) is 37.8 Å². The lowest BCUT2D eigenvalue weighted by molar-refractivity contribution is 0.415. The maximum Gasteiger partial charge on any atom is 0.118 e. The molecule has 124 valence electrons. The lowest BCUT2D eigenvalue weighted by atomic mass is 9.81. The van der Waals surface area contributed by atoms with Gasteiger partial charge in [-0.15, -0.1) is 0 Å². The minimum atomic E-state index is 0.589. The summed E-state index contributed by atoms with van der Waals surface area (Å²) in [6.45, 7) is 4.40. The van der Waals surface area contributed by atoms with Crippen molar-refractivity contribution in [1.82, 2.24) is 0 Å². The summed E-state index contributed by atoms with van der Waals surface area (Å²) >= 11 is 12.3. The maximum absolute atomic E-state index is 6.23. The first-order valence-corrected chi connectivity index (χ1v) is 8.76. The fourth-order valence-electron chi connectivity index (χ4n) is 3.36. The van der Waals surface area contributed by atoms with E-state index in [1.54, 1.807) is 7.11 Å². The molecule has 0 radical (unpaired) electrons. The van der Waals surface area contributed by atoms with Gasteiger partial charge in [0.15, 0.2) is 0 Å². The molecule has 0 unspecified atom stereocenters. The predicted octanol–water partition coefficient (Wildman–Crippen LogP) is 7.04. The topological polar surface area (TPSA) is 9.23 Å². The molecule has 2 aromatic rings. The Morgan fingerprint density at radius 1 is 0.833 bits per heavy atom. The van der Waals surface area contributed by atoms with Crippen molar-refractivity contribution in [3.63, 3.8) is 0 Å². The van der Waals surface area contributed by atoms with E-state index in [1.165, 1.54) is 27.9 Å². The zero-order valence-electron chi connectivity index (χ0n) is 14.1. The van der Waals surface area contributed by atoms with Crippen molar-refractivity contribution in [3.8, 4) is 5.75 Å². The van der Waals surface area contributed by atoms with E-state index in [2.05, 4.69) is 26.0 Å². The van der Waals surface area contributed by atoms with Gasteiger partial charge in [0.1, 0.15) is 5.75 Å². The number of allylic oxidation sites excluding steroid dienone is 4. The monoisotopic (exact) mass is 358 g/mol. The summed E-state index contributed by atoms with van der Waals surface area (Å²) in [5.41, 5.74) is 7.74.